The van der Waals surface area contributed by atoms with Crippen molar-refractivity contribution in [3.63, 3.8) is 0 Å². The van der Waals surface area contributed by atoms with Crippen LogP contribution in [0.1, 0.15) is 18.1 Å². The Morgan fingerprint density at radius 3 is 2.55 bits per heavy atom. The van der Waals surface area contributed by atoms with Gasteiger partial charge >= 0.3 is 0 Å². The largest absolute Gasteiger partial charge is 0.318 e. The molecule has 0 radical (unpaired) electrons. The Kier molecular flexibility index (Phi) is 3.32. The van der Waals surface area contributed by atoms with Crippen LogP contribution in [0.4, 0.5) is 0 Å². The number of hydrogen-bond donors (Lipinski definition) is 1. The number of benzene rings is 2. The minimum atomic E-state index is -0.581. The van der Waals surface area contributed by atoms with E-state index in [0.717, 1.165) is 26.4 Å². The molecule has 0 amide bonds. The Balaban J connectivity index is 2.27. The fourth-order valence-corrected chi connectivity index (χ4v) is 3.29. The van der Waals surface area contributed by atoms with E-state index in [0.29, 0.717) is 0 Å². The van der Waals surface area contributed by atoms with E-state index in [2.05, 4.69) is 39.1 Å². The van der Waals surface area contributed by atoms with Gasteiger partial charge in [0.25, 0.3) is 0 Å². The Morgan fingerprint density at radius 2 is 1.75 bits per heavy atom. The van der Waals surface area contributed by atoms with E-state index in [-0.39, 0.29) is 0 Å². The Labute approximate surface area is 126 Å². The average Bonchev–Trinajstić information content (AvgIpc) is 2.47. The number of pyridine rings is 1. The van der Waals surface area contributed by atoms with E-state index in [1.54, 1.807) is 6.20 Å². The van der Waals surface area contributed by atoms with Crippen LogP contribution in [0.2, 0.25) is 0 Å². The second-order valence-electron chi connectivity index (χ2n) is 5.08. The van der Waals surface area contributed by atoms with E-state index in [1.165, 1.54) is 0 Å². The van der Waals surface area contributed by atoms with Crippen LogP contribution >= 0.6 is 15.9 Å². The molecular formula is C17H15BrN2. The van der Waals surface area contributed by atoms with Crippen LogP contribution in [0, 0.1) is 0 Å². The van der Waals surface area contributed by atoms with E-state index in [4.69, 9.17) is 5.73 Å². The van der Waals surface area contributed by atoms with Crippen molar-refractivity contribution in [3.8, 4) is 0 Å². The van der Waals surface area contributed by atoms with Gasteiger partial charge in [-0.05, 0) is 35.6 Å². The summed E-state index contributed by atoms with van der Waals surface area (Å²) in [4.78, 5) is 4.24. The lowest BCUT2D eigenvalue weighted by atomic mass is 9.83. The predicted octanol–water partition coefficient (Wildman–Crippen LogP) is 4.22. The SMILES string of the molecule is CC(N)(c1ccccc1Br)c1cccc2ccncc12. The maximum atomic E-state index is 6.67. The minimum Gasteiger partial charge on any atom is -0.318 e. The molecule has 2 aromatic carbocycles. The van der Waals surface area contributed by atoms with Crippen molar-refractivity contribution in [2.75, 3.05) is 0 Å². The fraction of sp³-hybridized carbons (Fsp3) is 0.118. The second kappa shape index (κ2) is 5.00. The van der Waals surface area contributed by atoms with Gasteiger partial charge in [-0.15, -0.1) is 0 Å². The van der Waals surface area contributed by atoms with Gasteiger partial charge in [-0.25, -0.2) is 0 Å². The minimum absolute atomic E-state index is 0.581. The Bertz CT molecular complexity index is 760. The number of rotatable bonds is 2. The standard InChI is InChI=1S/C17H15BrN2/c1-17(19,15-6-2-3-8-16(15)18)14-7-4-5-12-9-10-20-11-13(12)14/h2-11H,19H2,1H3. The highest BCUT2D eigenvalue weighted by atomic mass is 79.9. The molecule has 0 aliphatic heterocycles. The van der Waals surface area contributed by atoms with Crippen LogP contribution in [0.15, 0.2) is 65.4 Å². The molecule has 0 aliphatic carbocycles. The molecule has 3 aromatic rings. The molecule has 3 heteroatoms. The van der Waals surface area contributed by atoms with Gasteiger partial charge in [0, 0.05) is 22.3 Å². The van der Waals surface area contributed by atoms with E-state index < -0.39 is 5.54 Å². The first-order valence-corrected chi connectivity index (χ1v) is 7.27. The molecule has 0 aliphatic rings. The smallest absolute Gasteiger partial charge is 0.0654 e. The van der Waals surface area contributed by atoms with Gasteiger partial charge in [0.15, 0.2) is 0 Å². The lowest BCUT2D eigenvalue weighted by Gasteiger charge is -2.28. The summed E-state index contributed by atoms with van der Waals surface area (Å²) in [6.07, 6.45) is 3.69. The lowest BCUT2D eigenvalue weighted by Crippen LogP contribution is -2.34. The highest BCUT2D eigenvalue weighted by Crippen LogP contribution is 2.35. The summed E-state index contributed by atoms with van der Waals surface area (Å²) in [5.41, 5.74) is 8.23. The molecular weight excluding hydrogens is 312 g/mol. The summed E-state index contributed by atoms with van der Waals surface area (Å²) in [7, 11) is 0. The van der Waals surface area contributed by atoms with Crippen LogP contribution in [-0.2, 0) is 5.54 Å². The molecule has 1 atom stereocenters. The number of aromatic nitrogens is 1. The van der Waals surface area contributed by atoms with Crippen LogP contribution < -0.4 is 5.73 Å². The molecule has 20 heavy (non-hydrogen) atoms. The molecule has 1 aromatic heterocycles. The van der Waals surface area contributed by atoms with E-state index >= 15 is 0 Å². The number of nitrogens with zero attached hydrogens (tertiary/aromatic N) is 1. The number of fused-ring (bicyclic) bond motifs is 1. The second-order valence-corrected chi connectivity index (χ2v) is 5.94. The van der Waals surface area contributed by atoms with E-state index in [1.807, 2.05) is 43.5 Å². The first-order chi connectivity index (χ1) is 9.60. The lowest BCUT2D eigenvalue weighted by molar-refractivity contribution is 0.605. The normalized spacial score (nSPS) is 14.2. The highest BCUT2D eigenvalue weighted by Gasteiger charge is 2.27. The van der Waals surface area contributed by atoms with Gasteiger partial charge in [0.2, 0.25) is 0 Å². The van der Waals surface area contributed by atoms with Crippen molar-refractivity contribution in [1.29, 1.82) is 0 Å². The summed E-state index contributed by atoms with van der Waals surface area (Å²) in [6, 6.07) is 16.3. The number of halogens is 1. The summed E-state index contributed by atoms with van der Waals surface area (Å²) in [5.74, 6) is 0. The molecule has 2 nitrogen and oxygen atoms in total. The summed E-state index contributed by atoms with van der Waals surface area (Å²) in [6.45, 7) is 2.04. The van der Waals surface area contributed by atoms with E-state index in [9.17, 15) is 0 Å². The van der Waals surface area contributed by atoms with Gasteiger partial charge < -0.3 is 5.73 Å². The highest BCUT2D eigenvalue weighted by molar-refractivity contribution is 9.10. The van der Waals surface area contributed by atoms with Crippen molar-refractivity contribution in [1.82, 2.24) is 4.98 Å². The molecule has 1 heterocycles. The third-order valence-electron chi connectivity index (χ3n) is 3.68. The topological polar surface area (TPSA) is 38.9 Å². The van der Waals surface area contributed by atoms with Gasteiger partial charge in [-0.1, -0.05) is 52.3 Å². The molecule has 0 saturated heterocycles. The number of nitrogens with two attached hydrogens (primary N) is 1. The van der Waals surface area contributed by atoms with Crippen molar-refractivity contribution in [3.05, 3.63) is 76.5 Å². The third kappa shape index (κ3) is 2.13. The van der Waals surface area contributed by atoms with Gasteiger partial charge in [0.05, 0.1) is 5.54 Å². The molecule has 0 bridgehead atoms. The maximum absolute atomic E-state index is 6.67. The van der Waals surface area contributed by atoms with Gasteiger partial charge in [-0.2, -0.15) is 0 Å². The molecule has 2 N–H and O–H groups in total. The number of hydrogen-bond acceptors (Lipinski definition) is 2. The Morgan fingerprint density at radius 1 is 1.00 bits per heavy atom. The third-order valence-corrected chi connectivity index (χ3v) is 4.37. The van der Waals surface area contributed by atoms with Crippen LogP contribution in [0.5, 0.6) is 0 Å². The predicted molar refractivity (Wildman–Crippen MR) is 86.5 cm³/mol. The zero-order valence-corrected chi connectivity index (χ0v) is 12.8. The Hall–Kier alpha value is -1.71. The zero-order chi connectivity index (χ0) is 14.2. The monoisotopic (exact) mass is 326 g/mol. The molecule has 3 rings (SSSR count). The summed E-state index contributed by atoms with van der Waals surface area (Å²) < 4.78 is 1.02. The van der Waals surface area contributed by atoms with Gasteiger partial charge in [-0.3, -0.25) is 4.98 Å². The van der Waals surface area contributed by atoms with Gasteiger partial charge in [0.1, 0.15) is 0 Å². The maximum Gasteiger partial charge on any atom is 0.0654 e. The van der Waals surface area contributed by atoms with Crippen molar-refractivity contribution in [2.45, 2.75) is 12.5 Å². The summed E-state index contributed by atoms with van der Waals surface area (Å²) >= 11 is 3.60. The first-order valence-electron chi connectivity index (χ1n) is 6.48. The fourth-order valence-electron chi connectivity index (χ4n) is 2.59. The quantitative estimate of drug-likeness (QED) is 0.765. The van der Waals surface area contributed by atoms with Crippen molar-refractivity contribution in [2.24, 2.45) is 5.73 Å². The van der Waals surface area contributed by atoms with Crippen LogP contribution in [0.25, 0.3) is 10.8 Å². The zero-order valence-electron chi connectivity index (χ0n) is 11.2. The van der Waals surface area contributed by atoms with Crippen LogP contribution in [-0.4, -0.2) is 4.98 Å². The molecule has 0 fully saturated rings. The van der Waals surface area contributed by atoms with Crippen LogP contribution in [0.3, 0.4) is 0 Å². The summed E-state index contributed by atoms with van der Waals surface area (Å²) in [5, 5.41) is 2.25. The van der Waals surface area contributed by atoms with Crippen molar-refractivity contribution < 1.29 is 0 Å². The molecule has 0 spiro atoms. The first kappa shape index (κ1) is 13.3. The molecule has 0 saturated carbocycles. The average molecular weight is 327 g/mol. The van der Waals surface area contributed by atoms with Crippen molar-refractivity contribution >= 4 is 26.7 Å². The molecule has 1 unspecified atom stereocenters. The molecule has 100 valence electrons.